The smallest absolute Gasteiger partial charge is 0.0688 e. The van der Waals surface area contributed by atoms with Crippen molar-refractivity contribution in [1.29, 1.82) is 0 Å². The average molecular weight is 209 g/mol. The molecule has 0 saturated heterocycles. The predicted molar refractivity (Wildman–Crippen MR) is 69.6 cm³/mol. The van der Waals surface area contributed by atoms with Crippen LogP contribution in [-0.4, -0.2) is 6.21 Å². The Bertz CT molecular complexity index is 478. The zero-order valence-electron chi connectivity index (χ0n) is 9.64. The molecule has 2 rings (SSSR count). The first-order valence-corrected chi connectivity index (χ1v) is 5.43. The van der Waals surface area contributed by atoms with Crippen molar-refractivity contribution in [2.75, 3.05) is 0 Å². The van der Waals surface area contributed by atoms with Crippen LogP contribution in [0.15, 0.2) is 53.5 Å². The summed E-state index contributed by atoms with van der Waals surface area (Å²) in [4.78, 5) is 4.55. The van der Waals surface area contributed by atoms with Crippen molar-refractivity contribution in [3.05, 3.63) is 65.2 Å². The van der Waals surface area contributed by atoms with E-state index in [4.69, 9.17) is 0 Å². The second-order valence-corrected chi connectivity index (χ2v) is 3.91. The van der Waals surface area contributed by atoms with Crippen LogP contribution >= 0.6 is 0 Å². The lowest BCUT2D eigenvalue weighted by molar-refractivity contribution is 1.33. The van der Waals surface area contributed by atoms with Gasteiger partial charge >= 0.3 is 0 Å². The molecule has 16 heavy (non-hydrogen) atoms. The minimum absolute atomic E-state index is 1.08. The van der Waals surface area contributed by atoms with E-state index in [0.29, 0.717) is 0 Å². The second kappa shape index (κ2) is 4.75. The Kier molecular flexibility index (Phi) is 3.16. The van der Waals surface area contributed by atoms with E-state index in [2.05, 4.69) is 49.2 Å². The van der Waals surface area contributed by atoms with Crippen molar-refractivity contribution in [2.24, 2.45) is 4.99 Å². The van der Waals surface area contributed by atoms with Gasteiger partial charge in [-0.05, 0) is 30.5 Å². The molecular formula is C15H15N. The molecule has 0 radical (unpaired) electrons. The Labute approximate surface area is 96.5 Å². The third kappa shape index (κ3) is 2.37. The minimum Gasteiger partial charge on any atom is -0.256 e. The predicted octanol–water partition coefficient (Wildman–Crippen LogP) is 4.05. The van der Waals surface area contributed by atoms with E-state index in [1.165, 1.54) is 11.1 Å². The molecule has 2 aromatic rings. The monoisotopic (exact) mass is 209 g/mol. The Balaban J connectivity index is 2.31. The summed E-state index contributed by atoms with van der Waals surface area (Å²) in [5.41, 5.74) is 4.64. The van der Waals surface area contributed by atoms with E-state index < -0.39 is 0 Å². The highest BCUT2D eigenvalue weighted by molar-refractivity contribution is 5.82. The quantitative estimate of drug-likeness (QED) is 0.661. The number of para-hydroxylation sites is 1. The number of rotatable bonds is 2. The topological polar surface area (TPSA) is 12.4 Å². The molecule has 0 bridgehead atoms. The number of aliphatic imine (C=N–C) groups is 1. The first kappa shape index (κ1) is 10.6. The van der Waals surface area contributed by atoms with Gasteiger partial charge < -0.3 is 0 Å². The van der Waals surface area contributed by atoms with Gasteiger partial charge in [0.15, 0.2) is 0 Å². The SMILES string of the molecule is Cc1cccc(C)c1/N=C/c1ccccc1. The van der Waals surface area contributed by atoms with Crippen LogP contribution in [0.25, 0.3) is 0 Å². The summed E-state index contributed by atoms with van der Waals surface area (Å²) in [7, 11) is 0. The summed E-state index contributed by atoms with van der Waals surface area (Å²) in [5.74, 6) is 0. The highest BCUT2D eigenvalue weighted by atomic mass is 14.7. The van der Waals surface area contributed by atoms with E-state index in [-0.39, 0.29) is 0 Å². The van der Waals surface area contributed by atoms with Gasteiger partial charge in [-0.2, -0.15) is 0 Å². The van der Waals surface area contributed by atoms with E-state index in [1.54, 1.807) is 0 Å². The van der Waals surface area contributed by atoms with Gasteiger partial charge in [-0.25, -0.2) is 0 Å². The zero-order valence-corrected chi connectivity index (χ0v) is 9.64. The van der Waals surface area contributed by atoms with Gasteiger partial charge in [-0.1, -0.05) is 48.5 Å². The number of nitrogens with zero attached hydrogens (tertiary/aromatic N) is 1. The average Bonchev–Trinajstić information content (AvgIpc) is 2.30. The molecule has 0 N–H and O–H groups in total. The van der Waals surface area contributed by atoms with E-state index in [9.17, 15) is 0 Å². The molecule has 0 aliphatic heterocycles. The Morgan fingerprint density at radius 1 is 0.812 bits per heavy atom. The summed E-state index contributed by atoms with van der Waals surface area (Å²) in [6, 6.07) is 16.4. The summed E-state index contributed by atoms with van der Waals surface area (Å²) in [6.07, 6.45) is 1.91. The number of hydrogen-bond acceptors (Lipinski definition) is 1. The molecule has 0 heterocycles. The summed E-state index contributed by atoms with van der Waals surface area (Å²) in [6.45, 7) is 4.18. The lowest BCUT2D eigenvalue weighted by Crippen LogP contribution is -1.82. The van der Waals surface area contributed by atoms with Crippen LogP contribution in [0.1, 0.15) is 16.7 Å². The van der Waals surface area contributed by atoms with Gasteiger partial charge in [0.1, 0.15) is 0 Å². The van der Waals surface area contributed by atoms with Gasteiger partial charge in [-0.3, -0.25) is 4.99 Å². The third-order valence-corrected chi connectivity index (χ3v) is 2.58. The summed E-state index contributed by atoms with van der Waals surface area (Å²) < 4.78 is 0. The Morgan fingerprint density at radius 3 is 2.06 bits per heavy atom. The molecule has 0 aliphatic carbocycles. The zero-order chi connectivity index (χ0) is 11.4. The van der Waals surface area contributed by atoms with Crippen LogP contribution < -0.4 is 0 Å². The van der Waals surface area contributed by atoms with Crippen LogP contribution in [0.4, 0.5) is 5.69 Å². The van der Waals surface area contributed by atoms with E-state index in [0.717, 1.165) is 11.3 Å². The maximum Gasteiger partial charge on any atom is 0.0688 e. The Hall–Kier alpha value is -1.89. The van der Waals surface area contributed by atoms with Gasteiger partial charge in [-0.15, -0.1) is 0 Å². The van der Waals surface area contributed by atoms with Crippen LogP contribution in [0, 0.1) is 13.8 Å². The van der Waals surface area contributed by atoms with Gasteiger partial charge in [0, 0.05) is 6.21 Å². The highest BCUT2D eigenvalue weighted by Gasteiger charge is 1.98. The molecule has 0 amide bonds. The Morgan fingerprint density at radius 2 is 1.44 bits per heavy atom. The van der Waals surface area contributed by atoms with Crippen LogP contribution in [0.2, 0.25) is 0 Å². The summed E-state index contributed by atoms with van der Waals surface area (Å²) >= 11 is 0. The molecule has 1 heteroatoms. The van der Waals surface area contributed by atoms with Gasteiger partial charge in [0.2, 0.25) is 0 Å². The fraction of sp³-hybridized carbons (Fsp3) is 0.133. The van der Waals surface area contributed by atoms with Crippen molar-refractivity contribution >= 4 is 11.9 Å². The van der Waals surface area contributed by atoms with Crippen molar-refractivity contribution < 1.29 is 0 Å². The number of benzene rings is 2. The first-order chi connectivity index (χ1) is 7.77. The van der Waals surface area contributed by atoms with Crippen molar-refractivity contribution in [1.82, 2.24) is 0 Å². The van der Waals surface area contributed by atoms with Crippen molar-refractivity contribution in [2.45, 2.75) is 13.8 Å². The highest BCUT2D eigenvalue weighted by Crippen LogP contribution is 2.22. The normalized spacial score (nSPS) is 10.9. The lowest BCUT2D eigenvalue weighted by Gasteiger charge is -2.03. The lowest BCUT2D eigenvalue weighted by atomic mass is 10.1. The molecule has 80 valence electrons. The molecular weight excluding hydrogens is 194 g/mol. The van der Waals surface area contributed by atoms with Crippen molar-refractivity contribution in [3.63, 3.8) is 0 Å². The molecule has 0 aliphatic rings. The molecule has 0 saturated carbocycles. The van der Waals surface area contributed by atoms with Crippen LogP contribution in [0.3, 0.4) is 0 Å². The minimum atomic E-state index is 1.08. The van der Waals surface area contributed by atoms with E-state index >= 15 is 0 Å². The molecule has 0 spiro atoms. The number of aryl methyl sites for hydroxylation is 2. The fourth-order valence-corrected chi connectivity index (χ4v) is 1.69. The van der Waals surface area contributed by atoms with Crippen LogP contribution in [0.5, 0.6) is 0 Å². The first-order valence-electron chi connectivity index (χ1n) is 5.43. The standard InChI is InChI=1S/C15H15N/c1-12-7-6-8-13(2)15(12)16-11-14-9-4-3-5-10-14/h3-11H,1-2H3/b16-11+. The molecule has 2 aromatic carbocycles. The van der Waals surface area contributed by atoms with E-state index in [1.807, 2.05) is 24.4 Å². The molecule has 0 unspecified atom stereocenters. The van der Waals surface area contributed by atoms with Crippen molar-refractivity contribution in [3.8, 4) is 0 Å². The van der Waals surface area contributed by atoms with Gasteiger partial charge in [0.05, 0.1) is 5.69 Å². The van der Waals surface area contributed by atoms with Crippen LogP contribution in [-0.2, 0) is 0 Å². The molecule has 0 atom stereocenters. The largest absolute Gasteiger partial charge is 0.256 e. The summed E-state index contributed by atoms with van der Waals surface area (Å²) in [5, 5.41) is 0. The maximum atomic E-state index is 4.55. The van der Waals surface area contributed by atoms with Gasteiger partial charge in [0.25, 0.3) is 0 Å². The fourth-order valence-electron chi connectivity index (χ4n) is 1.69. The number of hydrogen-bond donors (Lipinski definition) is 0. The third-order valence-electron chi connectivity index (χ3n) is 2.58. The molecule has 0 fully saturated rings. The molecule has 1 nitrogen and oxygen atoms in total. The molecule has 0 aromatic heterocycles. The maximum absolute atomic E-state index is 4.55. The second-order valence-electron chi connectivity index (χ2n) is 3.91.